The first-order chi connectivity index (χ1) is 44.6. The second kappa shape index (κ2) is 32.2. The molecule has 0 atom stereocenters. The highest BCUT2D eigenvalue weighted by molar-refractivity contribution is 8.00. The van der Waals surface area contributed by atoms with Crippen LogP contribution in [-0.4, -0.2) is 11.6 Å². The van der Waals surface area contributed by atoms with E-state index >= 15 is 0 Å². The Kier molecular flexibility index (Phi) is 22.7. The molecule has 2 nitrogen and oxygen atoms in total. The number of ketones is 2. The van der Waals surface area contributed by atoms with Crippen molar-refractivity contribution in [2.45, 2.75) is 101 Å². The van der Waals surface area contributed by atoms with Gasteiger partial charge >= 0.3 is 0 Å². The number of rotatable bonds is 18. The summed E-state index contributed by atoms with van der Waals surface area (Å²) >= 11 is 6.79. The topological polar surface area (TPSA) is 34.1 Å². The molecule has 0 saturated heterocycles. The summed E-state index contributed by atoms with van der Waals surface area (Å²) in [6.45, 7) is 8.17. The highest BCUT2D eigenvalue weighted by Crippen LogP contribution is 2.40. The number of benzene rings is 12. The van der Waals surface area contributed by atoms with Crippen molar-refractivity contribution in [2.75, 3.05) is 0 Å². The standard InChI is InChI=1S/C30H23OS3.C27H23OS2.C25H21S2/c1-22-21-27(34(25-9-4-2-5-10-25)26-11-6-3-7-12-26)18-19-28(22)33-24-16-14-23(15-17-24)30(31)29-13-8-20-32-29;1-20-19-26(17-18-27(20)29-23-15-13-22(14-16-23)21(2)28)30(24-9-5-3-6-10-24)25-11-7-4-8-12-25;1-20-19-24(17-18-25(20)26-21-11-5-2-6-12-21)27(22-13-7-3-8-14-22)23-15-9-4-10-16-23/h2-21H,1H3;3-19H,1-2H3;2-19H,1H3/q3*+1. The van der Waals surface area contributed by atoms with Crippen molar-refractivity contribution < 1.29 is 9.59 Å². The van der Waals surface area contributed by atoms with E-state index in [1.807, 2.05) is 77.8 Å². The first-order valence-electron chi connectivity index (χ1n) is 29.8. The normalized spacial score (nSPS) is 10.9. The van der Waals surface area contributed by atoms with Crippen LogP contribution in [0.1, 0.15) is 49.2 Å². The molecule has 0 saturated carbocycles. The van der Waals surface area contributed by atoms with Gasteiger partial charge in [0.2, 0.25) is 5.78 Å². The molecule has 9 heteroatoms. The molecule has 0 aliphatic carbocycles. The van der Waals surface area contributed by atoms with Gasteiger partial charge in [0.1, 0.15) is 0 Å². The van der Waals surface area contributed by atoms with Crippen LogP contribution in [0.3, 0.4) is 0 Å². The molecule has 0 amide bonds. The van der Waals surface area contributed by atoms with Crippen molar-refractivity contribution in [2.24, 2.45) is 0 Å². The number of thiophene rings is 1. The van der Waals surface area contributed by atoms with E-state index in [0.29, 0.717) is 0 Å². The Hall–Kier alpha value is -8.22. The van der Waals surface area contributed by atoms with Gasteiger partial charge in [-0.05, 0) is 232 Å². The third-order valence-electron chi connectivity index (χ3n) is 14.6. The lowest BCUT2D eigenvalue weighted by atomic mass is 10.1. The van der Waals surface area contributed by atoms with Gasteiger partial charge in [-0.2, -0.15) is 0 Å². The first-order valence-corrected chi connectivity index (χ1v) is 36.9. The Morgan fingerprint density at radius 2 is 0.560 bits per heavy atom. The van der Waals surface area contributed by atoms with E-state index in [1.54, 1.807) is 30.4 Å². The van der Waals surface area contributed by atoms with E-state index in [1.165, 1.54) is 91.7 Å². The average Bonchev–Trinajstić information content (AvgIpc) is 1.68. The molecule has 0 N–H and O–H groups in total. The number of aryl methyl sites for hydroxylation is 3. The van der Waals surface area contributed by atoms with Crippen LogP contribution in [-0.2, 0) is 32.7 Å². The predicted molar refractivity (Wildman–Crippen MR) is 388 cm³/mol. The maximum atomic E-state index is 12.6. The molecule has 91 heavy (non-hydrogen) atoms. The molecule has 0 aliphatic rings. The van der Waals surface area contributed by atoms with Crippen LogP contribution in [0.4, 0.5) is 0 Å². The van der Waals surface area contributed by atoms with Gasteiger partial charge in [-0.15, -0.1) is 11.3 Å². The lowest BCUT2D eigenvalue weighted by Crippen LogP contribution is -2.05. The Morgan fingerprint density at radius 3 is 0.824 bits per heavy atom. The summed E-state index contributed by atoms with van der Waals surface area (Å²) in [7, 11) is -0.372. The average molecular weight is 1310 g/mol. The zero-order valence-electron chi connectivity index (χ0n) is 50.9. The monoisotopic (exact) mass is 1310 g/mol. The van der Waals surface area contributed by atoms with Crippen LogP contribution in [0.15, 0.2) is 406 Å². The molecule has 0 unspecified atom stereocenters. The van der Waals surface area contributed by atoms with Crippen LogP contribution in [0.25, 0.3) is 0 Å². The van der Waals surface area contributed by atoms with Crippen molar-refractivity contribution in [1.82, 2.24) is 0 Å². The second-order valence-corrected chi connectivity index (χ2v) is 31.5. The van der Waals surface area contributed by atoms with Crippen LogP contribution in [0.5, 0.6) is 0 Å². The third kappa shape index (κ3) is 17.2. The second-order valence-electron chi connectivity index (χ2n) is 21.1. The first kappa shape index (κ1) is 64.3. The minimum absolute atomic E-state index is 0.0842. The smallest absolute Gasteiger partial charge is 0.202 e. The fourth-order valence-corrected chi connectivity index (χ4v) is 19.9. The van der Waals surface area contributed by atoms with Crippen molar-refractivity contribution in [1.29, 1.82) is 0 Å². The van der Waals surface area contributed by atoms with E-state index < -0.39 is 0 Å². The van der Waals surface area contributed by atoms with Gasteiger partial charge < -0.3 is 0 Å². The molecule has 1 heterocycles. The molecular weight excluding hydrogens is 1240 g/mol. The van der Waals surface area contributed by atoms with Crippen molar-refractivity contribution in [3.8, 4) is 0 Å². The van der Waals surface area contributed by atoms with Gasteiger partial charge in [0.15, 0.2) is 49.8 Å². The third-order valence-corrected chi connectivity index (χ3v) is 25.6. The van der Waals surface area contributed by atoms with Gasteiger partial charge in [0, 0.05) is 40.5 Å². The summed E-state index contributed by atoms with van der Waals surface area (Å²) in [5.74, 6) is 0.182. The molecule has 0 fully saturated rings. The minimum Gasteiger partial charge on any atom is -0.295 e. The Balaban J connectivity index is 0.000000141. The number of carbonyl (C=O) groups is 2. The van der Waals surface area contributed by atoms with Crippen LogP contribution >= 0.6 is 46.6 Å². The van der Waals surface area contributed by atoms with Gasteiger partial charge in [-0.3, -0.25) is 9.59 Å². The molecule has 0 spiro atoms. The highest BCUT2D eigenvalue weighted by Gasteiger charge is 2.32. The molecule has 0 radical (unpaired) electrons. The zero-order chi connectivity index (χ0) is 62.7. The molecule has 0 bridgehead atoms. The number of carbonyl (C=O) groups excluding carboxylic acids is 2. The van der Waals surface area contributed by atoms with E-state index in [9.17, 15) is 9.59 Å². The Morgan fingerprint density at radius 1 is 0.286 bits per heavy atom. The van der Waals surface area contributed by atoms with E-state index in [2.05, 4.69) is 288 Å². The summed E-state index contributed by atoms with van der Waals surface area (Å²) in [5.41, 5.74) is 5.32. The predicted octanol–water partition coefficient (Wildman–Crippen LogP) is 23.2. The lowest BCUT2D eigenvalue weighted by molar-refractivity contribution is 0.101. The molecular formula is C82H67O2S7+3. The fraction of sp³-hybridized carbons (Fsp3) is 0.0488. The van der Waals surface area contributed by atoms with Gasteiger partial charge in [-0.1, -0.05) is 181 Å². The molecule has 0 aliphatic heterocycles. The molecule has 13 aromatic rings. The Bertz CT molecular complexity index is 4300. The van der Waals surface area contributed by atoms with Crippen molar-refractivity contribution >= 4 is 90.9 Å². The van der Waals surface area contributed by atoms with Crippen LogP contribution < -0.4 is 0 Å². The van der Waals surface area contributed by atoms with Gasteiger partial charge in [0.25, 0.3) is 0 Å². The van der Waals surface area contributed by atoms with E-state index in [4.69, 9.17) is 0 Å². The van der Waals surface area contributed by atoms with Crippen LogP contribution in [0, 0.1) is 20.8 Å². The van der Waals surface area contributed by atoms with Crippen molar-refractivity contribution in [3.05, 3.63) is 366 Å². The quantitative estimate of drug-likeness (QED) is 0.0632. The van der Waals surface area contributed by atoms with Crippen LogP contribution in [0.2, 0.25) is 0 Å². The van der Waals surface area contributed by atoms with E-state index in [0.717, 1.165) is 25.8 Å². The van der Waals surface area contributed by atoms with Crippen molar-refractivity contribution in [3.63, 3.8) is 0 Å². The fourth-order valence-electron chi connectivity index (χ4n) is 10.0. The lowest BCUT2D eigenvalue weighted by Gasteiger charge is -2.11. The minimum atomic E-state index is -0.149. The summed E-state index contributed by atoms with van der Waals surface area (Å²) < 4.78 is 0. The zero-order valence-corrected chi connectivity index (χ0v) is 56.6. The Labute approximate surface area is 562 Å². The number of hydrogen-bond acceptors (Lipinski definition) is 6. The molecule has 446 valence electrons. The summed E-state index contributed by atoms with van der Waals surface area (Å²) in [6, 6.07) is 115. The maximum absolute atomic E-state index is 12.6. The highest BCUT2D eigenvalue weighted by atomic mass is 32.2. The van der Waals surface area contributed by atoms with Gasteiger partial charge in [-0.25, -0.2) is 0 Å². The summed E-state index contributed by atoms with van der Waals surface area (Å²) in [5, 5.41) is 1.94. The SMILES string of the molecule is CC(=O)c1ccc(Sc2ccc([S+](c3ccccc3)c3ccccc3)cc2C)cc1.Cc1cc([S+](c2ccccc2)c2ccccc2)ccc1Sc1ccc(C(=O)c2cccs2)cc1.Cc1cc([S+](c2ccccc2)c2ccccc2)ccc1Sc1ccccc1. The van der Waals surface area contributed by atoms with Gasteiger partial charge in [0.05, 0.1) is 37.6 Å². The molecule has 13 rings (SSSR count). The van der Waals surface area contributed by atoms with E-state index in [-0.39, 0.29) is 44.3 Å². The number of Topliss-reactive ketones (excluding diaryl/α,β-unsaturated/α-hetero) is 1. The largest absolute Gasteiger partial charge is 0.295 e. The summed E-state index contributed by atoms with van der Waals surface area (Å²) in [6.07, 6.45) is 0. The summed E-state index contributed by atoms with van der Waals surface area (Å²) in [4.78, 5) is 44.2. The molecule has 12 aromatic carbocycles. The number of hydrogen-bond donors (Lipinski definition) is 0. The molecule has 1 aromatic heterocycles. The maximum Gasteiger partial charge on any atom is 0.202 e.